The Balaban J connectivity index is 2.42. The van der Waals surface area contributed by atoms with Gasteiger partial charge in [-0.15, -0.1) is 0 Å². The van der Waals surface area contributed by atoms with E-state index in [-0.39, 0.29) is 31.0 Å². The van der Waals surface area contributed by atoms with Gasteiger partial charge < -0.3 is 19.7 Å². The molecular weight excluding hydrogens is 272 g/mol. The summed E-state index contributed by atoms with van der Waals surface area (Å²) in [7, 11) is 1.58. The Morgan fingerprint density at radius 3 is 2.81 bits per heavy atom. The maximum atomic E-state index is 12.4. The van der Waals surface area contributed by atoms with Gasteiger partial charge in [0.1, 0.15) is 18.3 Å². The van der Waals surface area contributed by atoms with E-state index in [2.05, 4.69) is 0 Å². The number of ketones is 1. The van der Waals surface area contributed by atoms with Crippen LogP contribution in [0.5, 0.6) is 0 Å². The van der Waals surface area contributed by atoms with E-state index in [1.54, 1.807) is 7.11 Å². The fraction of sp³-hybridized carbons (Fsp3) is 0.688. The third kappa shape index (κ3) is 3.43. The number of hydrogen-bond acceptors (Lipinski definition) is 5. The Morgan fingerprint density at radius 1 is 1.48 bits per heavy atom. The molecule has 2 heterocycles. The SMILES string of the molecule is CO[C@H]1C=C2CO[C@@H]1/C(CO)=C\CC(C)(C)C(=O)[C@@H](O)C2. The second kappa shape index (κ2) is 6.40. The van der Waals surface area contributed by atoms with Crippen LogP contribution < -0.4 is 0 Å². The van der Waals surface area contributed by atoms with Crippen LogP contribution in [0.3, 0.4) is 0 Å². The van der Waals surface area contributed by atoms with Crippen molar-refractivity contribution in [2.45, 2.75) is 45.0 Å². The van der Waals surface area contributed by atoms with Crippen molar-refractivity contribution in [1.29, 1.82) is 0 Å². The van der Waals surface area contributed by atoms with Crippen molar-refractivity contribution < 1.29 is 24.5 Å². The average Bonchev–Trinajstić information content (AvgIpc) is 2.48. The molecule has 0 saturated heterocycles. The Labute approximate surface area is 125 Å². The molecule has 5 nitrogen and oxygen atoms in total. The quantitative estimate of drug-likeness (QED) is 0.743. The van der Waals surface area contributed by atoms with Crippen LogP contribution in [0.2, 0.25) is 0 Å². The molecule has 2 aliphatic heterocycles. The molecule has 3 atom stereocenters. The normalized spacial score (nSPS) is 35.7. The standard InChI is InChI=1S/C16H24O5/c1-16(2)5-4-11(8-17)14-13(20-3)7-10(9-21-14)6-12(18)15(16)19/h4,7,12-14,17-18H,5-6,8-9H2,1-3H3/b11-4-/t12-,13-,14+/m0/s1. The van der Waals surface area contributed by atoms with Gasteiger partial charge in [-0.25, -0.2) is 0 Å². The number of fused-ring (bicyclic) bond motifs is 7. The first kappa shape index (κ1) is 16.4. The second-order valence-corrected chi connectivity index (χ2v) is 6.37. The van der Waals surface area contributed by atoms with Crippen LogP contribution in [0, 0.1) is 5.41 Å². The van der Waals surface area contributed by atoms with Crippen molar-refractivity contribution in [2.24, 2.45) is 5.41 Å². The van der Waals surface area contributed by atoms with Crippen LogP contribution >= 0.6 is 0 Å². The van der Waals surface area contributed by atoms with E-state index in [4.69, 9.17) is 9.47 Å². The number of aliphatic hydroxyl groups is 2. The molecule has 0 aromatic rings. The van der Waals surface area contributed by atoms with Crippen molar-refractivity contribution in [3.63, 3.8) is 0 Å². The molecular formula is C16H24O5. The van der Waals surface area contributed by atoms with Gasteiger partial charge in [0.25, 0.3) is 0 Å². The molecule has 0 fully saturated rings. The van der Waals surface area contributed by atoms with Crippen molar-refractivity contribution >= 4 is 5.78 Å². The average molecular weight is 296 g/mol. The molecule has 3 aliphatic rings. The molecule has 118 valence electrons. The molecule has 0 aromatic carbocycles. The van der Waals surface area contributed by atoms with Crippen molar-refractivity contribution in [2.75, 3.05) is 20.3 Å². The Morgan fingerprint density at radius 2 is 2.19 bits per heavy atom. The van der Waals surface area contributed by atoms with Gasteiger partial charge >= 0.3 is 0 Å². The maximum Gasteiger partial charge on any atom is 0.167 e. The monoisotopic (exact) mass is 296 g/mol. The number of aliphatic hydroxyl groups excluding tert-OH is 2. The first-order valence-electron chi connectivity index (χ1n) is 7.25. The third-order valence-corrected chi connectivity index (χ3v) is 4.27. The molecule has 3 rings (SSSR count). The predicted octanol–water partition coefficient (Wildman–Crippen LogP) is 0.995. The number of methoxy groups -OCH3 is 1. The highest BCUT2D eigenvalue weighted by molar-refractivity contribution is 5.88. The van der Waals surface area contributed by atoms with E-state index in [9.17, 15) is 15.0 Å². The number of hydrogen-bond donors (Lipinski definition) is 2. The van der Waals surface area contributed by atoms with Gasteiger partial charge in [0.2, 0.25) is 0 Å². The lowest BCUT2D eigenvalue weighted by Crippen LogP contribution is -2.37. The van der Waals surface area contributed by atoms with Crippen LogP contribution in [0.4, 0.5) is 0 Å². The molecule has 1 aliphatic carbocycles. The summed E-state index contributed by atoms with van der Waals surface area (Å²) in [6, 6.07) is 0. The predicted molar refractivity (Wildman–Crippen MR) is 77.8 cm³/mol. The number of rotatable bonds is 2. The summed E-state index contributed by atoms with van der Waals surface area (Å²) in [5, 5.41) is 19.8. The van der Waals surface area contributed by atoms with Crippen molar-refractivity contribution in [3.05, 3.63) is 23.3 Å². The summed E-state index contributed by atoms with van der Waals surface area (Å²) in [6.07, 6.45) is 2.76. The van der Waals surface area contributed by atoms with Crippen LogP contribution in [0.1, 0.15) is 26.7 Å². The summed E-state index contributed by atoms with van der Waals surface area (Å²) in [6.45, 7) is 3.83. The molecule has 0 spiro atoms. The van der Waals surface area contributed by atoms with Crippen LogP contribution in [-0.2, 0) is 14.3 Å². The molecule has 21 heavy (non-hydrogen) atoms. The smallest absolute Gasteiger partial charge is 0.167 e. The van der Waals surface area contributed by atoms with Gasteiger partial charge in [0.05, 0.1) is 13.2 Å². The van der Waals surface area contributed by atoms with Crippen LogP contribution in [0.15, 0.2) is 23.3 Å². The Kier molecular flexibility index (Phi) is 4.99. The lowest BCUT2D eigenvalue weighted by atomic mass is 9.80. The molecule has 2 N–H and O–H groups in total. The minimum Gasteiger partial charge on any atom is -0.392 e. The zero-order chi connectivity index (χ0) is 15.6. The van der Waals surface area contributed by atoms with E-state index in [0.717, 1.165) is 11.1 Å². The molecule has 0 saturated carbocycles. The molecule has 5 heteroatoms. The van der Waals surface area contributed by atoms with Gasteiger partial charge in [-0.2, -0.15) is 0 Å². The summed E-state index contributed by atoms with van der Waals surface area (Å²) in [5.41, 5.74) is 0.899. The number of carbonyl (C=O) groups excluding carboxylic acids is 1. The maximum absolute atomic E-state index is 12.4. The number of carbonyl (C=O) groups is 1. The second-order valence-electron chi connectivity index (χ2n) is 6.37. The van der Waals surface area contributed by atoms with E-state index < -0.39 is 11.5 Å². The van der Waals surface area contributed by atoms with Gasteiger partial charge in [-0.3, -0.25) is 4.79 Å². The molecule has 0 aromatic heterocycles. The van der Waals surface area contributed by atoms with E-state index >= 15 is 0 Å². The molecule has 2 bridgehead atoms. The highest BCUT2D eigenvalue weighted by Gasteiger charge is 2.36. The first-order valence-corrected chi connectivity index (χ1v) is 7.25. The first-order chi connectivity index (χ1) is 9.89. The Hall–Kier alpha value is -1.01. The number of Topliss-reactive ketones (excluding diaryl/α,β-unsaturated/α-hetero) is 1. The van der Waals surface area contributed by atoms with Crippen LogP contribution in [-0.4, -0.2) is 54.6 Å². The molecule has 0 unspecified atom stereocenters. The fourth-order valence-corrected chi connectivity index (χ4v) is 2.85. The lowest BCUT2D eigenvalue weighted by molar-refractivity contribution is -0.135. The zero-order valence-electron chi connectivity index (χ0n) is 12.8. The summed E-state index contributed by atoms with van der Waals surface area (Å²) in [4.78, 5) is 12.4. The summed E-state index contributed by atoms with van der Waals surface area (Å²) < 4.78 is 11.2. The molecule has 0 amide bonds. The van der Waals surface area contributed by atoms with Crippen LogP contribution in [0.25, 0.3) is 0 Å². The number of allylic oxidation sites excluding steroid dienone is 1. The van der Waals surface area contributed by atoms with Gasteiger partial charge in [-0.05, 0) is 17.6 Å². The van der Waals surface area contributed by atoms with Crippen molar-refractivity contribution in [3.8, 4) is 0 Å². The highest BCUT2D eigenvalue weighted by Crippen LogP contribution is 2.31. The minimum atomic E-state index is -1.03. The Bertz CT molecular complexity index is 463. The zero-order valence-corrected chi connectivity index (χ0v) is 12.8. The van der Waals surface area contributed by atoms with Gasteiger partial charge in [-0.1, -0.05) is 26.0 Å². The van der Waals surface area contributed by atoms with E-state index in [0.29, 0.717) is 13.0 Å². The topological polar surface area (TPSA) is 76.0 Å². The fourth-order valence-electron chi connectivity index (χ4n) is 2.85. The minimum absolute atomic E-state index is 0.138. The highest BCUT2D eigenvalue weighted by atomic mass is 16.5. The third-order valence-electron chi connectivity index (χ3n) is 4.27. The number of ether oxygens (including phenoxy) is 2. The van der Waals surface area contributed by atoms with E-state index in [1.165, 1.54) is 0 Å². The molecule has 0 radical (unpaired) electrons. The van der Waals surface area contributed by atoms with Gasteiger partial charge in [0.15, 0.2) is 5.78 Å². The lowest BCUT2D eigenvalue weighted by Gasteiger charge is -2.31. The summed E-state index contributed by atoms with van der Waals surface area (Å²) >= 11 is 0. The van der Waals surface area contributed by atoms with Crippen molar-refractivity contribution in [1.82, 2.24) is 0 Å². The van der Waals surface area contributed by atoms with E-state index in [1.807, 2.05) is 26.0 Å². The largest absolute Gasteiger partial charge is 0.392 e. The summed E-state index contributed by atoms with van der Waals surface area (Å²) in [5.74, 6) is -0.184. The van der Waals surface area contributed by atoms with Gasteiger partial charge in [0, 0.05) is 18.9 Å².